The zero-order valence-electron chi connectivity index (χ0n) is 14.8. The fraction of sp³-hybridized carbons (Fsp3) is 0.182. The maximum atomic E-state index is 6.33. The molecule has 2 aromatic carbocycles. The first kappa shape index (κ1) is 16.8. The third-order valence-corrected chi connectivity index (χ3v) is 4.85. The molecule has 26 heavy (non-hydrogen) atoms. The number of hydrogen-bond acceptors (Lipinski definition) is 2. The van der Waals surface area contributed by atoms with Gasteiger partial charge in [-0.25, -0.2) is 0 Å². The van der Waals surface area contributed by atoms with Crippen molar-refractivity contribution >= 4 is 45.1 Å². The minimum absolute atomic E-state index is 0.744. The summed E-state index contributed by atoms with van der Waals surface area (Å²) in [5.74, 6) is 0. The Hall–Kier alpha value is -2.65. The van der Waals surface area contributed by atoms with Gasteiger partial charge in [0.25, 0.3) is 0 Å². The van der Waals surface area contributed by atoms with Crippen molar-refractivity contribution in [2.45, 2.75) is 19.8 Å². The highest BCUT2D eigenvalue weighted by Gasteiger charge is 2.15. The van der Waals surface area contributed by atoms with Crippen molar-refractivity contribution in [2.24, 2.45) is 0 Å². The molecule has 0 aliphatic heterocycles. The summed E-state index contributed by atoms with van der Waals surface area (Å²) in [6.45, 7) is 3.13. The van der Waals surface area contributed by atoms with Gasteiger partial charge in [-0.05, 0) is 48.9 Å². The minimum Gasteiger partial charge on any atom is -0.383 e. The highest BCUT2D eigenvalue weighted by molar-refractivity contribution is 6.31. The Morgan fingerprint density at radius 3 is 2.58 bits per heavy atom. The van der Waals surface area contributed by atoms with Crippen molar-refractivity contribution in [2.75, 3.05) is 17.2 Å². The number of para-hydroxylation sites is 1. The van der Waals surface area contributed by atoms with Crippen LogP contribution in [0.4, 0.5) is 17.1 Å². The topological polar surface area (TPSA) is 28.5 Å². The molecule has 0 atom stereocenters. The van der Waals surface area contributed by atoms with Crippen molar-refractivity contribution in [3.05, 3.63) is 71.9 Å². The van der Waals surface area contributed by atoms with Crippen LogP contribution in [-0.2, 0) is 0 Å². The molecule has 2 N–H and O–H groups in total. The van der Waals surface area contributed by atoms with Crippen LogP contribution in [0.15, 0.2) is 66.9 Å². The number of nitrogens with one attached hydrogen (secondary N) is 2. The number of anilines is 3. The maximum absolute atomic E-state index is 6.33. The molecule has 2 heterocycles. The van der Waals surface area contributed by atoms with E-state index in [1.807, 2.05) is 30.3 Å². The van der Waals surface area contributed by atoms with Crippen molar-refractivity contribution in [1.29, 1.82) is 0 Å². The number of benzene rings is 2. The first-order chi connectivity index (χ1) is 12.8. The quantitative estimate of drug-likeness (QED) is 0.373. The second kappa shape index (κ2) is 7.30. The van der Waals surface area contributed by atoms with Gasteiger partial charge in [-0.3, -0.25) is 0 Å². The number of pyridine rings is 1. The Labute approximate surface area is 158 Å². The number of rotatable bonds is 6. The number of aromatic nitrogens is 1. The number of unbranched alkanes of at least 4 members (excludes halogenated alkanes) is 1. The smallest absolute Gasteiger partial charge is 0.0871 e. The molecule has 3 nitrogen and oxygen atoms in total. The van der Waals surface area contributed by atoms with Gasteiger partial charge in [-0.15, -0.1) is 0 Å². The molecular weight excluding hydrogens is 342 g/mol. The van der Waals surface area contributed by atoms with Crippen LogP contribution >= 0.6 is 11.6 Å². The Bertz CT molecular complexity index is 1040. The predicted octanol–water partition coefficient (Wildman–Crippen LogP) is 6.70. The molecule has 0 saturated carbocycles. The summed E-state index contributed by atoms with van der Waals surface area (Å²) in [7, 11) is 0. The van der Waals surface area contributed by atoms with Gasteiger partial charge in [0.2, 0.25) is 0 Å². The molecular formula is C22H22ClN3. The molecule has 4 rings (SSSR count). The standard InChI is InChI=1S/C22H22ClN3/c1-2-3-13-24-21-18-15-16(23)11-12-19(18)26-14-7-10-20(26)22(21)25-17-8-5-4-6-9-17/h4-12,14-15,24-25H,2-3,13H2,1H3. The van der Waals surface area contributed by atoms with E-state index in [1.54, 1.807) is 0 Å². The maximum Gasteiger partial charge on any atom is 0.0871 e. The van der Waals surface area contributed by atoms with Crippen LogP contribution in [-0.4, -0.2) is 10.9 Å². The molecule has 0 amide bonds. The van der Waals surface area contributed by atoms with E-state index in [2.05, 4.69) is 58.5 Å². The van der Waals surface area contributed by atoms with Crippen LogP contribution in [0.2, 0.25) is 5.02 Å². The van der Waals surface area contributed by atoms with E-state index >= 15 is 0 Å². The molecule has 0 unspecified atom stereocenters. The van der Waals surface area contributed by atoms with Gasteiger partial charge in [-0.1, -0.05) is 43.1 Å². The van der Waals surface area contributed by atoms with Gasteiger partial charge < -0.3 is 15.0 Å². The third-order valence-electron chi connectivity index (χ3n) is 4.62. The SMILES string of the molecule is CCCCNc1c(Nc2ccccc2)c2cccn2c2ccc(Cl)cc12. The Balaban J connectivity index is 1.95. The third kappa shape index (κ3) is 3.11. The number of halogens is 1. The summed E-state index contributed by atoms with van der Waals surface area (Å²) < 4.78 is 2.21. The molecule has 4 heteroatoms. The van der Waals surface area contributed by atoms with Crippen LogP contribution in [0.3, 0.4) is 0 Å². The van der Waals surface area contributed by atoms with Crippen LogP contribution in [0.5, 0.6) is 0 Å². The lowest BCUT2D eigenvalue weighted by Crippen LogP contribution is -2.07. The molecule has 132 valence electrons. The molecule has 0 bridgehead atoms. The van der Waals surface area contributed by atoms with Gasteiger partial charge in [-0.2, -0.15) is 0 Å². The van der Waals surface area contributed by atoms with E-state index < -0.39 is 0 Å². The van der Waals surface area contributed by atoms with Crippen LogP contribution in [0.25, 0.3) is 16.4 Å². The normalized spacial score (nSPS) is 11.2. The zero-order chi connectivity index (χ0) is 17.9. The number of nitrogens with zero attached hydrogens (tertiary/aromatic N) is 1. The highest BCUT2D eigenvalue weighted by atomic mass is 35.5. The van der Waals surface area contributed by atoms with E-state index in [4.69, 9.17) is 11.6 Å². The minimum atomic E-state index is 0.744. The van der Waals surface area contributed by atoms with Crippen LogP contribution in [0, 0.1) is 0 Å². The molecule has 0 saturated heterocycles. The summed E-state index contributed by atoms with van der Waals surface area (Å²) >= 11 is 6.33. The predicted molar refractivity (Wildman–Crippen MR) is 113 cm³/mol. The molecule has 2 aromatic heterocycles. The fourth-order valence-electron chi connectivity index (χ4n) is 3.34. The van der Waals surface area contributed by atoms with Gasteiger partial charge in [0.1, 0.15) is 0 Å². The molecule has 0 aliphatic carbocycles. The van der Waals surface area contributed by atoms with Crippen molar-refractivity contribution in [3.8, 4) is 0 Å². The lowest BCUT2D eigenvalue weighted by molar-refractivity contribution is 0.835. The highest BCUT2D eigenvalue weighted by Crippen LogP contribution is 2.38. The van der Waals surface area contributed by atoms with Gasteiger partial charge >= 0.3 is 0 Å². The first-order valence-electron chi connectivity index (χ1n) is 9.06. The summed E-state index contributed by atoms with van der Waals surface area (Å²) in [5, 5.41) is 9.13. The average molecular weight is 364 g/mol. The summed E-state index contributed by atoms with van der Waals surface area (Å²) in [4.78, 5) is 0. The largest absolute Gasteiger partial charge is 0.383 e. The van der Waals surface area contributed by atoms with E-state index in [0.29, 0.717) is 0 Å². The fourth-order valence-corrected chi connectivity index (χ4v) is 3.51. The van der Waals surface area contributed by atoms with Crippen molar-refractivity contribution in [3.63, 3.8) is 0 Å². The van der Waals surface area contributed by atoms with E-state index in [0.717, 1.165) is 57.9 Å². The molecule has 0 radical (unpaired) electrons. The van der Waals surface area contributed by atoms with Crippen molar-refractivity contribution in [1.82, 2.24) is 4.40 Å². The number of fused-ring (bicyclic) bond motifs is 3. The first-order valence-corrected chi connectivity index (χ1v) is 9.44. The monoisotopic (exact) mass is 363 g/mol. The number of hydrogen-bond donors (Lipinski definition) is 2. The Morgan fingerprint density at radius 2 is 1.77 bits per heavy atom. The van der Waals surface area contributed by atoms with E-state index in [-0.39, 0.29) is 0 Å². The summed E-state index contributed by atoms with van der Waals surface area (Å²) in [5.41, 5.74) is 5.53. The van der Waals surface area contributed by atoms with Crippen LogP contribution < -0.4 is 10.6 Å². The lowest BCUT2D eigenvalue weighted by Gasteiger charge is -2.19. The lowest BCUT2D eigenvalue weighted by atomic mass is 10.1. The second-order valence-corrected chi connectivity index (χ2v) is 6.88. The van der Waals surface area contributed by atoms with Crippen molar-refractivity contribution < 1.29 is 0 Å². The van der Waals surface area contributed by atoms with Gasteiger partial charge in [0, 0.05) is 28.8 Å². The molecule has 0 spiro atoms. The average Bonchev–Trinajstić information content (AvgIpc) is 3.14. The molecule has 0 aliphatic rings. The van der Waals surface area contributed by atoms with Gasteiger partial charge in [0.15, 0.2) is 0 Å². The zero-order valence-corrected chi connectivity index (χ0v) is 15.6. The van der Waals surface area contributed by atoms with E-state index in [9.17, 15) is 0 Å². The Morgan fingerprint density at radius 1 is 0.923 bits per heavy atom. The van der Waals surface area contributed by atoms with E-state index in [1.165, 1.54) is 0 Å². The summed E-state index contributed by atoms with van der Waals surface area (Å²) in [6, 6.07) is 20.6. The molecule has 0 fully saturated rings. The summed E-state index contributed by atoms with van der Waals surface area (Å²) in [6.07, 6.45) is 4.37. The van der Waals surface area contributed by atoms with Crippen LogP contribution in [0.1, 0.15) is 19.8 Å². The van der Waals surface area contributed by atoms with Gasteiger partial charge in [0.05, 0.1) is 22.4 Å². The Kier molecular flexibility index (Phi) is 4.72. The molecule has 4 aromatic rings. The second-order valence-electron chi connectivity index (χ2n) is 6.45.